The van der Waals surface area contributed by atoms with Crippen molar-refractivity contribution in [2.45, 2.75) is 46.5 Å². The molecular formula is C25H33N3O5. The molecule has 33 heavy (non-hydrogen) atoms. The number of hydrogen-bond acceptors (Lipinski definition) is 5. The molecule has 0 aliphatic heterocycles. The fourth-order valence-corrected chi connectivity index (χ4v) is 4.69. The number of hydrogen-bond donors (Lipinski definition) is 3. The van der Waals surface area contributed by atoms with Crippen LogP contribution in [-0.2, 0) is 20.7 Å². The molecule has 3 rings (SSSR count). The number of carbonyl (C=O) groups is 3. The summed E-state index contributed by atoms with van der Waals surface area (Å²) in [6.07, 6.45) is 3.86. The Hall–Kier alpha value is -3.16. The minimum atomic E-state index is -0.964. The van der Waals surface area contributed by atoms with Crippen molar-refractivity contribution in [2.75, 3.05) is 13.7 Å². The monoisotopic (exact) mass is 455 g/mol. The van der Waals surface area contributed by atoms with Gasteiger partial charge in [-0.05, 0) is 55.2 Å². The van der Waals surface area contributed by atoms with Crippen LogP contribution < -0.4 is 5.32 Å². The van der Waals surface area contributed by atoms with Crippen LogP contribution in [0.4, 0.5) is 0 Å². The van der Waals surface area contributed by atoms with E-state index in [-0.39, 0.29) is 30.6 Å². The van der Waals surface area contributed by atoms with E-state index in [1.165, 1.54) is 12.7 Å². The predicted octanol–water partition coefficient (Wildman–Crippen LogP) is 3.73. The molecule has 0 bridgehead atoms. The van der Waals surface area contributed by atoms with Crippen molar-refractivity contribution in [3.63, 3.8) is 0 Å². The molecule has 1 aromatic carbocycles. The summed E-state index contributed by atoms with van der Waals surface area (Å²) >= 11 is 0. The fraction of sp³-hybridized carbons (Fsp3) is 0.520. The summed E-state index contributed by atoms with van der Waals surface area (Å²) < 4.78 is 4.80. The van der Waals surface area contributed by atoms with Crippen LogP contribution in [0.2, 0.25) is 0 Å². The molecule has 178 valence electrons. The topological polar surface area (TPSA) is 121 Å². The van der Waals surface area contributed by atoms with Gasteiger partial charge in [-0.3, -0.25) is 9.59 Å². The molecule has 0 fully saturated rings. The van der Waals surface area contributed by atoms with Crippen molar-refractivity contribution in [1.29, 1.82) is 0 Å². The molecule has 8 nitrogen and oxygen atoms in total. The molecule has 2 aromatic rings. The van der Waals surface area contributed by atoms with E-state index >= 15 is 0 Å². The Labute approximate surface area is 193 Å². The number of carboxylic acid groups (broad SMARTS) is 1. The second-order valence-electron chi connectivity index (χ2n) is 9.22. The molecule has 3 N–H and O–H groups in total. The highest BCUT2D eigenvalue weighted by molar-refractivity contribution is 5.93. The third-order valence-corrected chi connectivity index (χ3v) is 6.58. The fourth-order valence-electron chi connectivity index (χ4n) is 4.69. The van der Waals surface area contributed by atoms with Crippen molar-refractivity contribution in [3.05, 3.63) is 41.2 Å². The average molecular weight is 456 g/mol. The number of imidazole rings is 1. The summed E-state index contributed by atoms with van der Waals surface area (Å²) in [4.78, 5) is 42.5. The number of methoxy groups -OCH3 is 1. The van der Waals surface area contributed by atoms with E-state index in [2.05, 4.69) is 37.1 Å². The summed E-state index contributed by atoms with van der Waals surface area (Å²) in [6, 6.07) is 5.31. The van der Waals surface area contributed by atoms with Crippen LogP contribution in [0.25, 0.3) is 11.0 Å². The average Bonchev–Trinajstić information content (AvgIpc) is 3.18. The molecule has 0 radical (unpaired) electrons. The normalized spacial score (nSPS) is 20.5. The number of nitrogens with one attached hydrogen (secondary N) is 2. The van der Waals surface area contributed by atoms with Crippen molar-refractivity contribution in [1.82, 2.24) is 15.3 Å². The summed E-state index contributed by atoms with van der Waals surface area (Å²) in [7, 11) is 1.36. The molecule has 0 saturated carbocycles. The lowest BCUT2D eigenvalue weighted by atomic mass is 9.70. The van der Waals surface area contributed by atoms with Gasteiger partial charge in [-0.1, -0.05) is 25.5 Å². The van der Waals surface area contributed by atoms with Gasteiger partial charge in [0.15, 0.2) is 0 Å². The van der Waals surface area contributed by atoms with Gasteiger partial charge in [0.2, 0.25) is 5.91 Å². The maximum absolute atomic E-state index is 12.0. The Morgan fingerprint density at radius 1 is 1.27 bits per heavy atom. The largest absolute Gasteiger partial charge is 0.481 e. The van der Waals surface area contributed by atoms with Gasteiger partial charge in [-0.25, -0.2) is 9.78 Å². The number of H-pyrrole nitrogens is 1. The minimum absolute atomic E-state index is 0.00344. The van der Waals surface area contributed by atoms with E-state index in [0.717, 1.165) is 29.7 Å². The van der Waals surface area contributed by atoms with Crippen LogP contribution in [0, 0.1) is 23.7 Å². The number of ether oxygens (including phenoxy) is 1. The Morgan fingerprint density at radius 2 is 2.03 bits per heavy atom. The van der Waals surface area contributed by atoms with E-state index < -0.39 is 5.97 Å². The van der Waals surface area contributed by atoms with Crippen molar-refractivity contribution >= 4 is 28.9 Å². The van der Waals surface area contributed by atoms with Crippen molar-refractivity contribution in [2.24, 2.45) is 23.7 Å². The molecule has 3 atom stereocenters. The van der Waals surface area contributed by atoms with E-state index in [1.54, 1.807) is 12.1 Å². The number of aromatic amines is 1. The number of rotatable bonds is 9. The number of carbonyl (C=O) groups excluding carboxylic acids is 2. The van der Waals surface area contributed by atoms with Gasteiger partial charge in [0.25, 0.3) is 0 Å². The molecule has 0 spiro atoms. The van der Waals surface area contributed by atoms with Crippen LogP contribution in [0.1, 0.15) is 56.2 Å². The highest BCUT2D eigenvalue weighted by atomic mass is 16.5. The Balaban J connectivity index is 1.70. The number of benzene rings is 1. The first kappa shape index (κ1) is 24.5. The van der Waals surface area contributed by atoms with Gasteiger partial charge in [0.05, 0.1) is 30.1 Å². The standard InChI is InChI=1S/C25H33N3O5/c1-14(2)19-10-17(15(3)9-18(19)13-26-23(29)7-8-24(30)31)12-22-27-20-6-5-16(25(32)33-4)11-21(20)28-22/h5-6,9,11,14,17-19H,7-8,10,12-13H2,1-4H3,(H,26,29)(H,27,28)(H,30,31)/t17-,18-,19-/m0/s1. The third kappa shape index (κ3) is 6.21. The number of amides is 1. The molecular weight excluding hydrogens is 422 g/mol. The molecule has 1 amide bonds. The molecule has 0 saturated heterocycles. The maximum Gasteiger partial charge on any atom is 0.337 e. The summed E-state index contributed by atoms with van der Waals surface area (Å²) in [5.41, 5.74) is 3.39. The zero-order chi connectivity index (χ0) is 24.1. The van der Waals surface area contributed by atoms with Crippen LogP contribution in [0.5, 0.6) is 0 Å². The maximum atomic E-state index is 12.0. The second kappa shape index (κ2) is 10.6. The lowest BCUT2D eigenvalue weighted by molar-refractivity contribution is -0.138. The van der Waals surface area contributed by atoms with Gasteiger partial charge in [-0.2, -0.15) is 0 Å². The van der Waals surface area contributed by atoms with Crippen molar-refractivity contribution in [3.8, 4) is 0 Å². The van der Waals surface area contributed by atoms with Gasteiger partial charge >= 0.3 is 11.9 Å². The zero-order valence-electron chi connectivity index (χ0n) is 19.7. The number of allylic oxidation sites excluding steroid dienone is 1. The molecule has 8 heteroatoms. The summed E-state index contributed by atoms with van der Waals surface area (Å²) in [6.45, 7) is 7.04. The van der Waals surface area contributed by atoms with Crippen LogP contribution >= 0.6 is 0 Å². The van der Waals surface area contributed by atoms with Gasteiger partial charge < -0.3 is 20.1 Å². The molecule has 1 aliphatic carbocycles. The second-order valence-corrected chi connectivity index (χ2v) is 9.22. The van der Waals surface area contributed by atoms with E-state index in [4.69, 9.17) is 14.8 Å². The Morgan fingerprint density at radius 3 is 2.70 bits per heavy atom. The molecule has 1 aliphatic rings. The Kier molecular flexibility index (Phi) is 7.89. The number of aliphatic carboxylic acids is 1. The molecule has 1 heterocycles. The van der Waals surface area contributed by atoms with Crippen LogP contribution in [0.3, 0.4) is 0 Å². The zero-order valence-corrected chi connectivity index (χ0v) is 19.7. The van der Waals surface area contributed by atoms with Crippen LogP contribution in [0.15, 0.2) is 29.8 Å². The highest BCUT2D eigenvalue weighted by Crippen LogP contribution is 2.38. The van der Waals surface area contributed by atoms with Crippen LogP contribution in [-0.4, -0.2) is 46.6 Å². The van der Waals surface area contributed by atoms with E-state index in [1.807, 2.05) is 6.07 Å². The molecule has 0 unspecified atom stereocenters. The van der Waals surface area contributed by atoms with Gasteiger partial charge in [0.1, 0.15) is 5.82 Å². The SMILES string of the molecule is COC(=O)c1ccc2nc(C[C@@H]3C[C@@H](C(C)C)[C@H](CNC(=O)CCC(=O)O)C=C3C)[nH]c2c1. The first-order valence-electron chi connectivity index (χ1n) is 11.4. The first-order valence-corrected chi connectivity index (χ1v) is 11.4. The number of carboxylic acids is 1. The van der Waals surface area contributed by atoms with Gasteiger partial charge in [0, 0.05) is 19.4 Å². The number of esters is 1. The Bertz CT molecular complexity index is 1060. The number of aromatic nitrogens is 2. The molecule has 1 aromatic heterocycles. The lowest BCUT2D eigenvalue weighted by Gasteiger charge is -2.37. The van der Waals surface area contributed by atoms with Crippen molar-refractivity contribution < 1.29 is 24.2 Å². The minimum Gasteiger partial charge on any atom is -0.481 e. The smallest absolute Gasteiger partial charge is 0.337 e. The summed E-state index contributed by atoms with van der Waals surface area (Å²) in [5.74, 6) is 0.707. The lowest BCUT2D eigenvalue weighted by Crippen LogP contribution is -2.37. The quantitative estimate of drug-likeness (QED) is 0.391. The van der Waals surface area contributed by atoms with E-state index in [9.17, 15) is 14.4 Å². The first-order chi connectivity index (χ1) is 15.7. The summed E-state index contributed by atoms with van der Waals surface area (Å²) in [5, 5.41) is 11.7. The number of fused-ring (bicyclic) bond motifs is 1. The third-order valence-electron chi connectivity index (χ3n) is 6.58. The highest BCUT2D eigenvalue weighted by Gasteiger charge is 2.32. The number of nitrogens with zero attached hydrogens (tertiary/aromatic N) is 1. The van der Waals surface area contributed by atoms with Gasteiger partial charge in [-0.15, -0.1) is 0 Å². The van der Waals surface area contributed by atoms with E-state index in [0.29, 0.717) is 29.9 Å². The predicted molar refractivity (Wildman–Crippen MR) is 125 cm³/mol.